The van der Waals surface area contributed by atoms with Crippen molar-refractivity contribution in [2.75, 3.05) is 0 Å². The highest BCUT2D eigenvalue weighted by Gasteiger charge is 2.00. The number of hydrogen-bond donors (Lipinski definition) is 1. The maximum atomic E-state index is 8.72. The number of hydrogen-bond acceptors (Lipinski definition) is 3. The lowest BCUT2D eigenvalue weighted by Gasteiger charge is -1.83. The van der Waals surface area contributed by atoms with Crippen LogP contribution in [0.25, 0.3) is 11.1 Å². The van der Waals surface area contributed by atoms with Gasteiger partial charge < -0.3 is 9.52 Å². The second kappa shape index (κ2) is 2.36. The smallest absolute Gasteiger partial charge is 0.152 e. The normalized spacial score (nSPS) is 10.6. The van der Waals surface area contributed by atoms with Gasteiger partial charge in [-0.2, -0.15) is 0 Å². The van der Waals surface area contributed by atoms with Crippen LogP contribution >= 0.6 is 0 Å². The average molecular weight is 149 g/mol. The van der Waals surface area contributed by atoms with E-state index in [0.29, 0.717) is 5.76 Å². The van der Waals surface area contributed by atoms with Gasteiger partial charge in [-0.05, 0) is 12.1 Å². The Morgan fingerprint density at radius 3 is 3.18 bits per heavy atom. The van der Waals surface area contributed by atoms with Crippen molar-refractivity contribution in [2.45, 2.75) is 6.61 Å². The molecule has 2 aromatic rings. The van der Waals surface area contributed by atoms with Gasteiger partial charge in [0, 0.05) is 12.3 Å². The first kappa shape index (κ1) is 6.37. The van der Waals surface area contributed by atoms with Gasteiger partial charge in [0.25, 0.3) is 0 Å². The van der Waals surface area contributed by atoms with Crippen molar-refractivity contribution in [1.82, 2.24) is 4.98 Å². The van der Waals surface area contributed by atoms with Gasteiger partial charge in [0.2, 0.25) is 0 Å². The van der Waals surface area contributed by atoms with Crippen molar-refractivity contribution in [1.29, 1.82) is 0 Å². The van der Waals surface area contributed by atoms with Gasteiger partial charge >= 0.3 is 0 Å². The van der Waals surface area contributed by atoms with Crippen LogP contribution in [0.5, 0.6) is 0 Å². The number of aliphatic hydroxyl groups excluding tert-OH is 1. The lowest BCUT2D eigenvalue weighted by molar-refractivity contribution is 0.251. The zero-order valence-electron chi connectivity index (χ0n) is 5.82. The standard InChI is InChI=1S/C8H7NO2/c10-5-6-4-7-8(11-6)2-1-3-9-7/h1-4,10H,5H2. The summed E-state index contributed by atoms with van der Waals surface area (Å²) in [6, 6.07) is 5.35. The monoisotopic (exact) mass is 149 g/mol. The molecule has 2 aromatic heterocycles. The molecule has 3 nitrogen and oxygen atoms in total. The number of aliphatic hydroxyl groups is 1. The minimum Gasteiger partial charge on any atom is -0.457 e. The van der Waals surface area contributed by atoms with E-state index in [1.807, 2.05) is 6.07 Å². The van der Waals surface area contributed by atoms with E-state index >= 15 is 0 Å². The fraction of sp³-hybridized carbons (Fsp3) is 0.125. The Bertz CT molecular complexity index is 334. The van der Waals surface area contributed by atoms with E-state index in [1.165, 1.54) is 0 Å². The van der Waals surface area contributed by atoms with E-state index < -0.39 is 0 Å². The molecule has 0 radical (unpaired) electrons. The zero-order chi connectivity index (χ0) is 7.68. The predicted molar refractivity (Wildman–Crippen MR) is 39.9 cm³/mol. The van der Waals surface area contributed by atoms with Crippen LogP contribution < -0.4 is 0 Å². The van der Waals surface area contributed by atoms with Crippen LogP contribution in [0.4, 0.5) is 0 Å². The molecule has 0 saturated carbocycles. The van der Waals surface area contributed by atoms with E-state index in [-0.39, 0.29) is 6.61 Å². The maximum Gasteiger partial charge on any atom is 0.152 e. The van der Waals surface area contributed by atoms with E-state index in [9.17, 15) is 0 Å². The summed E-state index contributed by atoms with van der Waals surface area (Å²) < 4.78 is 5.20. The SMILES string of the molecule is OCc1cc2ncccc2o1. The zero-order valence-corrected chi connectivity index (χ0v) is 5.82. The van der Waals surface area contributed by atoms with Gasteiger partial charge in [0.1, 0.15) is 17.9 Å². The molecule has 3 heteroatoms. The summed E-state index contributed by atoms with van der Waals surface area (Å²) in [5.41, 5.74) is 1.51. The van der Waals surface area contributed by atoms with Gasteiger partial charge in [-0.15, -0.1) is 0 Å². The summed E-state index contributed by atoms with van der Waals surface area (Å²) in [6.07, 6.45) is 1.69. The number of rotatable bonds is 1. The summed E-state index contributed by atoms with van der Waals surface area (Å²) in [4.78, 5) is 4.04. The third-order valence-corrected chi connectivity index (χ3v) is 1.49. The lowest BCUT2D eigenvalue weighted by Crippen LogP contribution is -1.73. The molecule has 0 aliphatic rings. The van der Waals surface area contributed by atoms with Crippen LogP contribution in [-0.2, 0) is 6.61 Å². The number of nitrogens with zero attached hydrogens (tertiary/aromatic N) is 1. The van der Waals surface area contributed by atoms with Crippen LogP contribution in [0.2, 0.25) is 0 Å². The van der Waals surface area contributed by atoms with E-state index in [4.69, 9.17) is 9.52 Å². The van der Waals surface area contributed by atoms with Crippen molar-refractivity contribution in [2.24, 2.45) is 0 Å². The van der Waals surface area contributed by atoms with Gasteiger partial charge in [-0.25, -0.2) is 0 Å². The first-order valence-electron chi connectivity index (χ1n) is 3.34. The van der Waals surface area contributed by atoms with Crippen LogP contribution in [0.1, 0.15) is 5.76 Å². The average Bonchev–Trinajstić information content (AvgIpc) is 2.46. The van der Waals surface area contributed by atoms with Crippen LogP contribution in [0.3, 0.4) is 0 Å². The van der Waals surface area contributed by atoms with Crippen LogP contribution in [-0.4, -0.2) is 10.1 Å². The summed E-state index contributed by atoms with van der Waals surface area (Å²) in [7, 11) is 0. The summed E-state index contributed by atoms with van der Waals surface area (Å²) in [5.74, 6) is 0.554. The van der Waals surface area contributed by atoms with Crippen molar-refractivity contribution in [3.05, 3.63) is 30.2 Å². The first-order chi connectivity index (χ1) is 5.40. The van der Waals surface area contributed by atoms with Gasteiger partial charge in [-0.1, -0.05) is 0 Å². The van der Waals surface area contributed by atoms with Crippen molar-refractivity contribution >= 4 is 11.1 Å². The van der Waals surface area contributed by atoms with E-state index in [0.717, 1.165) is 11.1 Å². The van der Waals surface area contributed by atoms with Gasteiger partial charge in [0.15, 0.2) is 5.58 Å². The molecule has 0 fully saturated rings. The van der Waals surface area contributed by atoms with E-state index in [1.54, 1.807) is 18.3 Å². The Balaban J connectivity index is 2.69. The fourth-order valence-corrected chi connectivity index (χ4v) is 0.999. The molecular weight excluding hydrogens is 142 g/mol. The Hall–Kier alpha value is -1.35. The largest absolute Gasteiger partial charge is 0.457 e. The molecule has 11 heavy (non-hydrogen) atoms. The van der Waals surface area contributed by atoms with Crippen LogP contribution in [0.15, 0.2) is 28.8 Å². The second-order valence-corrected chi connectivity index (χ2v) is 2.26. The van der Waals surface area contributed by atoms with Gasteiger partial charge in [0.05, 0.1) is 0 Å². The molecule has 0 atom stereocenters. The third kappa shape index (κ3) is 0.991. The predicted octanol–water partition coefficient (Wildman–Crippen LogP) is 1.32. The van der Waals surface area contributed by atoms with E-state index in [2.05, 4.69) is 4.98 Å². The molecule has 1 N–H and O–H groups in total. The Labute approximate surface area is 63.3 Å². The first-order valence-corrected chi connectivity index (χ1v) is 3.34. The summed E-state index contributed by atoms with van der Waals surface area (Å²) in [6.45, 7) is -0.0731. The topological polar surface area (TPSA) is 46.3 Å². The van der Waals surface area contributed by atoms with Crippen molar-refractivity contribution < 1.29 is 9.52 Å². The summed E-state index contributed by atoms with van der Waals surface area (Å²) >= 11 is 0. The quantitative estimate of drug-likeness (QED) is 0.665. The molecule has 0 saturated heterocycles. The minimum absolute atomic E-state index is 0.0731. The number of pyridine rings is 1. The second-order valence-electron chi connectivity index (χ2n) is 2.26. The Kier molecular flexibility index (Phi) is 1.36. The molecule has 0 unspecified atom stereocenters. The molecule has 0 aliphatic carbocycles. The highest BCUT2D eigenvalue weighted by atomic mass is 16.4. The highest BCUT2D eigenvalue weighted by Crippen LogP contribution is 2.15. The maximum absolute atomic E-state index is 8.72. The molecular formula is C8H7NO2. The minimum atomic E-state index is -0.0731. The third-order valence-electron chi connectivity index (χ3n) is 1.49. The number of aromatic nitrogens is 1. The molecule has 0 aromatic carbocycles. The highest BCUT2D eigenvalue weighted by molar-refractivity contribution is 5.72. The molecule has 0 spiro atoms. The number of fused-ring (bicyclic) bond motifs is 1. The Morgan fingerprint density at radius 1 is 1.55 bits per heavy atom. The molecule has 56 valence electrons. The van der Waals surface area contributed by atoms with Gasteiger partial charge in [-0.3, -0.25) is 4.98 Å². The summed E-state index contributed by atoms with van der Waals surface area (Å²) in [5, 5.41) is 8.72. The van der Waals surface area contributed by atoms with Crippen LogP contribution in [0, 0.1) is 0 Å². The molecule has 2 rings (SSSR count). The lowest BCUT2D eigenvalue weighted by atomic mass is 10.4. The Morgan fingerprint density at radius 2 is 2.45 bits per heavy atom. The van der Waals surface area contributed by atoms with Crippen molar-refractivity contribution in [3.8, 4) is 0 Å². The molecule has 2 heterocycles. The molecule has 0 aliphatic heterocycles. The fourth-order valence-electron chi connectivity index (χ4n) is 0.999. The van der Waals surface area contributed by atoms with Crippen molar-refractivity contribution in [3.63, 3.8) is 0 Å². The molecule has 0 amide bonds. The number of furan rings is 1. The molecule has 0 bridgehead atoms.